The number of aliphatic hydroxyl groups is 2. The molecule has 2 N–H and O–H groups in total. The first-order valence-corrected chi connectivity index (χ1v) is 3.16. The summed E-state index contributed by atoms with van der Waals surface area (Å²) in [5, 5.41) is 25.3. The quantitative estimate of drug-likeness (QED) is 0.450. The van der Waals surface area contributed by atoms with Gasteiger partial charge in [0.1, 0.15) is 6.10 Å². The second-order valence-electron chi connectivity index (χ2n) is 1.30. The topological polar surface area (TPSA) is 64.2 Å². The molecule has 3 nitrogen and oxygen atoms in total. The number of aliphatic hydroxyl groups excluding tert-OH is 2. The third-order valence-electron chi connectivity index (χ3n) is 0.655. The van der Waals surface area contributed by atoms with E-state index in [4.69, 9.17) is 15.5 Å². The van der Waals surface area contributed by atoms with Crippen LogP contribution in [0.15, 0.2) is 0 Å². The lowest BCUT2D eigenvalue weighted by Crippen LogP contribution is -2.25. The van der Waals surface area contributed by atoms with E-state index in [-0.39, 0.29) is 5.33 Å². The van der Waals surface area contributed by atoms with Crippen LogP contribution >= 0.6 is 15.9 Å². The highest BCUT2D eigenvalue weighted by Gasteiger charge is 2.11. The van der Waals surface area contributed by atoms with Crippen LogP contribution in [0.25, 0.3) is 0 Å². The van der Waals surface area contributed by atoms with Crippen LogP contribution in [0.2, 0.25) is 0 Å². The third kappa shape index (κ3) is 2.26. The molecule has 0 heterocycles. The van der Waals surface area contributed by atoms with E-state index in [0.717, 1.165) is 0 Å². The highest BCUT2D eigenvalue weighted by molar-refractivity contribution is 9.09. The van der Waals surface area contributed by atoms with Crippen molar-refractivity contribution in [1.82, 2.24) is 0 Å². The van der Waals surface area contributed by atoms with E-state index in [1.807, 2.05) is 0 Å². The van der Waals surface area contributed by atoms with Crippen LogP contribution in [-0.2, 0) is 0 Å². The first kappa shape index (κ1) is 7.89. The van der Waals surface area contributed by atoms with Crippen LogP contribution in [0.1, 0.15) is 0 Å². The number of alkyl halides is 1. The molecule has 0 saturated carbocycles. The summed E-state index contributed by atoms with van der Waals surface area (Å²) in [5.74, 6) is 0. The molecule has 0 unspecified atom stereocenters. The van der Waals surface area contributed by atoms with Gasteiger partial charge in [0.25, 0.3) is 0 Å². The Bertz CT molecular complexity index is 101. The fraction of sp³-hybridized carbons (Fsp3) is 0.750. The number of hydrogen-bond donors (Lipinski definition) is 2. The average Bonchev–Trinajstić information content (AvgIpc) is 1.84. The van der Waals surface area contributed by atoms with Crippen LogP contribution < -0.4 is 0 Å². The Labute approximate surface area is 55.7 Å². The van der Waals surface area contributed by atoms with Gasteiger partial charge in [0.05, 0.1) is 6.07 Å². The van der Waals surface area contributed by atoms with E-state index in [2.05, 4.69) is 15.9 Å². The van der Waals surface area contributed by atoms with Gasteiger partial charge in [-0.2, -0.15) is 5.26 Å². The molecule has 0 fully saturated rings. The van der Waals surface area contributed by atoms with Crippen LogP contribution in [-0.4, -0.2) is 27.8 Å². The fourth-order valence-electron chi connectivity index (χ4n) is 0.170. The fourth-order valence-corrected chi connectivity index (χ4v) is 0.525. The van der Waals surface area contributed by atoms with Crippen molar-refractivity contribution in [3.8, 4) is 6.07 Å². The lowest BCUT2D eigenvalue weighted by Gasteiger charge is -2.04. The van der Waals surface area contributed by atoms with Gasteiger partial charge in [-0.05, 0) is 0 Å². The Kier molecular flexibility index (Phi) is 3.79. The number of nitrogens with zero attached hydrogens (tertiary/aromatic N) is 1. The molecule has 0 saturated heterocycles. The molecule has 0 aromatic carbocycles. The van der Waals surface area contributed by atoms with E-state index in [1.165, 1.54) is 6.07 Å². The summed E-state index contributed by atoms with van der Waals surface area (Å²) < 4.78 is 0. The number of rotatable bonds is 2. The molecule has 0 aliphatic rings. The van der Waals surface area contributed by atoms with Gasteiger partial charge in [-0.1, -0.05) is 15.9 Å². The Balaban J connectivity index is 3.49. The maximum atomic E-state index is 8.61. The summed E-state index contributed by atoms with van der Waals surface area (Å²) in [7, 11) is 0. The molecule has 8 heavy (non-hydrogen) atoms. The van der Waals surface area contributed by atoms with Gasteiger partial charge in [0.15, 0.2) is 6.10 Å². The lowest BCUT2D eigenvalue weighted by molar-refractivity contribution is 0.0705. The van der Waals surface area contributed by atoms with Gasteiger partial charge in [-0.3, -0.25) is 0 Å². The summed E-state index contributed by atoms with van der Waals surface area (Å²) >= 11 is 2.90. The Hall–Kier alpha value is -0.110. The van der Waals surface area contributed by atoms with Crippen molar-refractivity contribution in [2.24, 2.45) is 0 Å². The summed E-state index contributed by atoms with van der Waals surface area (Å²) in [5.41, 5.74) is 0. The van der Waals surface area contributed by atoms with Crippen LogP contribution in [0.5, 0.6) is 0 Å². The van der Waals surface area contributed by atoms with E-state index < -0.39 is 12.2 Å². The molecule has 0 spiro atoms. The Morgan fingerprint density at radius 1 is 1.62 bits per heavy atom. The van der Waals surface area contributed by atoms with Gasteiger partial charge in [0.2, 0.25) is 0 Å². The van der Waals surface area contributed by atoms with Crippen molar-refractivity contribution < 1.29 is 10.2 Å². The zero-order chi connectivity index (χ0) is 6.57. The summed E-state index contributed by atoms with van der Waals surface area (Å²) in [6.07, 6.45) is -2.24. The smallest absolute Gasteiger partial charge is 0.167 e. The molecule has 0 aliphatic heterocycles. The predicted octanol–water partition coefficient (Wildman–Crippen LogP) is -0.373. The molecule has 0 bridgehead atoms. The average molecular weight is 180 g/mol. The van der Waals surface area contributed by atoms with Gasteiger partial charge in [-0.25, -0.2) is 0 Å². The summed E-state index contributed by atoms with van der Waals surface area (Å²) in [4.78, 5) is 0. The second-order valence-corrected chi connectivity index (χ2v) is 1.94. The predicted molar refractivity (Wildman–Crippen MR) is 31.4 cm³/mol. The molecular weight excluding hydrogens is 174 g/mol. The molecule has 0 aliphatic carbocycles. The molecule has 0 amide bonds. The van der Waals surface area contributed by atoms with Crippen LogP contribution in [0.4, 0.5) is 0 Å². The first-order chi connectivity index (χ1) is 3.72. The molecular formula is C4H6BrNO2. The normalized spacial score (nSPS) is 16.8. The van der Waals surface area contributed by atoms with Gasteiger partial charge in [0, 0.05) is 5.33 Å². The van der Waals surface area contributed by atoms with E-state index >= 15 is 0 Å². The molecule has 0 rings (SSSR count). The SMILES string of the molecule is N#C[C@H](O)[C@@H](O)CBr. The van der Waals surface area contributed by atoms with E-state index in [9.17, 15) is 0 Å². The molecule has 46 valence electrons. The van der Waals surface area contributed by atoms with Gasteiger partial charge in [-0.15, -0.1) is 0 Å². The standard InChI is InChI=1S/C4H6BrNO2/c5-1-3(7)4(8)2-6/h3-4,7-8H,1H2/t3-,4-/m0/s1. The molecule has 2 atom stereocenters. The van der Waals surface area contributed by atoms with Crippen LogP contribution in [0, 0.1) is 11.3 Å². The number of hydrogen-bond acceptors (Lipinski definition) is 3. The van der Waals surface area contributed by atoms with E-state index in [0.29, 0.717) is 0 Å². The van der Waals surface area contributed by atoms with Gasteiger partial charge < -0.3 is 10.2 Å². The highest BCUT2D eigenvalue weighted by atomic mass is 79.9. The van der Waals surface area contributed by atoms with Gasteiger partial charge >= 0.3 is 0 Å². The maximum Gasteiger partial charge on any atom is 0.167 e. The molecule has 4 heteroatoms. The highest BCUT2D eigenvalue weighted by Crippen LogP contribution is 1.94. The number of halogens is 1. The van der Waals surface area contributed by atoms with Crippen LogP contribution in [0.3, 0.4) is 0 Å². The second kappa shape index (κ2) is 3.84. The first-order valence-electron chi connectivity index (χ1n) is 2.04. The maximum absolute atomic E-state index is 8.61. The zero-order valence-electron chi connectivity index (χ0n) is 4.08. The van der Waals surface area contributed by atoms with Crippen molar-refractivity contribution in [1.29, 1.82) is 5.26 Å². The third-order valence-corrected chi connectivity index (χ3v) is 1.32. The monoisotopic (exact) mass is 179 g/mol. The van der Waals surface area contributed by atoms with Crippen molar-refractivity contribution in [3.63, 3.8) is 0 Å². The summed E-state index contributed by atoms with van der Waals surface area (Å²) in [6.45, 7) is 0. The molecule has 0 aromatic rings. The number of nitriles is 1. The van der Waals surface area contributed by atoms with Crippen molar-refractivity contribution in [2.45, 2.75) is 12.2 Å². The minimum Gasteiger partial charge on any atom is -0.388 e. The molecule has 0 radical (unpaired) electrons. The Morgan fingerprint density at radius 3 is 2.25 bits per heavy atom. The molecule has 0 aromatic heterocycles. The van der Waals surface area contributed by atoms with Crippen molar-refractivity contribution in [2.75, 3.05) is 5.33 Å². The zero-order valence-corrected chi connectivity index (χ0v) is 5.67. The Morgan fingerprint density at radius 2 is 2.12 bits per heavy atom. The minimum atomic E-state index is -1.27. The van der Waals surface area contributed by atoms with Crippen molar-refractivity contribution in [3.05, 3.63) is 0 Å². The lowest BCUT2D eigenvalue weighted by atomic mass is 10.3. The van der Waals surface area contributed by atoms with E-state index in [1.54, 1.807) is 0 Å². The summed E-state index contributed by atoms with van der Waals surface area (Å²) in [6, 6.07) is 1.49. The van der Waals surface area contributed by atoms with Crippen molar-refractivity contribution >= 4 is 15.9 Å². The minimum absolute atomic E-state index is 0.224. The largest absolute Gasteiger partial charge is 0.388 e.